The lowest BCUT2D eigenvalue weighted by atomic mass is 9.95. The second kappa shape index (κ2) is 13.4. The van der Waals surface area contributed by atoms with Crippen LogP contribution in [-0.4, -0.2) is 23.7 Å². The van der Waals surface area contributed by atoms with Gasteiger partial charge in [-0.15, -0.1) is 0 Å². The third kappa shape index (κ3) is 4.96. The van der Waals surface area contributed by atoms with Crippen LogP contribution >= 0.6 is 0 Å². The molecular formula is C58H35N5O. The van der Waals surface area contributed by atoms with E-state index in [4.69, 9.17) is 19.9 Å². The Morgan fingerprint density at radius 3 is 1.45 bits per heavy atom. The minimum Gasteiger partial charge on any atom is -0.456 e. The summed E-state index contributed by atoms with van der Waals surface area (Å²) in [6.07, 6.45) is 0. The first-order valence-electron chi connectivity index (χ1n) is 25.0. The van der Waals surface area contributed by atoms with E-state index in [-0.39, 0.29) is 33.4 Å². The van der Waals surface area contributed by atoms with Crippen molar-refractivity contribution in [2.24, 2.45) is 0 Å². The maximum atomic E-state index is 9.47. The number of para-hydroxylation sites is 7. The summed E-state index contributed by atoms with van der Waals surface area (Å²) in [6, 6.07) is 50.6. The van der Waals surface area contributed by atoms with Crippen molar-refractivity contribution in [2.45, 2.75) is 0 Å². The van der Waals surface area contributed by atoms with E-state index in [1.807, 2.05) is 120 Å². The molecule has 0 aliphatic rings. The van der Waals surface area contributed by atoms with Crippen molar-refractivity contribution < 1.29 is 15.4 Å². The summed E-state index contributed by atoms with van der Waals surface area (Å²) in [6.45, 7) is 0. The molecule has 0 aliphatic carbocycles. The van der Waals surface area contributed by atoms with Gasteiger partial charge in [0.25, 0.3) is 0 Å². The molecule has 5 heterocycles. The molecule has 6 nitrogen and oxygen atoms in total. The van der Waals surface area contributed by atoms with Gasteiger partial charge in [-0.05, 0) is 71.7 Å². The summed E-state index contributed by atoms with van der Waals surface area (Å²) in [4.78, 5) is 11.1. The van der Waals surface area contributed by atoms with Crippen LogP contribution in [0.2, 0.25) is 0 Å². The Kier molecular flexibility index (Phi) is 5.85. The molecule has 298 valence electrons. The number of benzene rings is 9. The van der Waals surface area contributed by atoms with Crippen molar-refractivity contribution in [2.75, 3.05) is 0 Å². The fourth-order valence-electron chi connectivity index (χ4n) is 9.86. The van der Waals surface area contributed by atoms with Gasteiger partial charge >= 0.3 is 0 Å². The average molecular weight is 826 g/mol. The molecule has 64 heavy (non-hydrogen) atoms. The molecule has 0 aliphatic heterocycles. The number of hydrogen-bond acceptors (Lipinski definition) is 3. The van der Waals surface area contributed by atoms with Crippen LogP contribution < -0.4 is 0 Å². The van der Waals surface area contributed by atoms with Gasteiger partial charge in [-0.3, -0.25) is 9.13 Å². The highest BCUT2D eigenvalue weighted by molar-refractivity contribution is 6.12. The summed E-state index contributed by atoms with van der Waals surface area (Å²) in [5.74, 6) is 0.764. The molecule has 14 aromatic rings. The number of aromatic nitrogens is 5. The second-order valence-electron chi connectivity index (χ2n) is 15.9. The lowest BCUT2D eigenvalue weighted by molar-refractivity contribution is 0.669. The van der Waals surface area contributed by atoms with Crippen LogP contribution in [0.5, 0.6) is 0 Å². The number of rotatable bonds is 5. The minimum absolute atomic E-state index is 0.0472. The van der Waals surface area contributed by atoms with Crippen molar-refractivity contribution in [1.29, 1.82) is 0 Å². The van der Waals surface area contributed by atoms with Crippen LogP contribution in [0.3, 0.4) is 0 Å². The molecule has 0 atom stereocenters. The molecule has 0 unspecified atom stereocenters. The van der Waals surface area contributed by atoms with Gasteiger partial charge in [0.15, 0.2) is 5.82 Å². The summed E-state index contributed by atoms with van der Waals surface area (Å²) < 4.78 is 84.9. The lowest BCUT2D eigenvalue weighted by Crippen LogP contribution is -2.08. The molecule has 9 aromatic carbocycles. The van der Waals surface area contributed by atoms with E-state index in [9.17, 15) is 5.48 Å². The zero-order valence-electron chi connectivity index (χ0n) is 41.7. The summed E-state index contributed by atoms with van der Waals surface area (Å²) in [5.41, 5.74) is 7.97. The Labute approximate surface area is 377 Å². The molecule has 0 saturated carbocycles. The van der Waals surface area contributed by atoms with E-state index in [2.05, 4.69) is 47.0 Å². The molecule has 0 amide bonds. The highest BCUT2D eigenvalue weighted by Gasteiger charge is 2.25. The number of nitrogens with zero attached hydrogens (tertiary/aromatic N) is 5. The zero-order chi connectivity index (χ0) is 48.8. The van der Waals surface area contributed by atoms with Gasteiger partial charge in [-0.1, -0.05) is 145 Å². The fraction of sp³-hybridized carbons (Fsp3) is 0. The van der Waals surface area contributed by atoms with Crippen molar-refractivity contribution in [3.63, 3.8) is 0 Å². The van der Waals surface area contributed by atoms with Crippen molar-refractivity contribution in [1.82, 2.24) is 23.7 Å². The standard InChI is InChI=1S/C58H35N5O/c1-8-24-46-38(16-1)39-17-2-9-25-47(39)61(46)52-30-15-23-37(36-32-33-54-45(34-36)44-22-7-14-31-53(44)64-54)57(52)58-59-55(62-48-26-10-3-18-40(48)41-19-4-11-27-49(41)62)35-56(60-58)63-50-28-12-5-20-42(50)43-21-6-13-29-51(43)63/h1-35H/i3D,4D,10D,11D,18D,19D,26D,27D. The quantitative estimate of drug-likeness (QED) is 0.174. The number of furan rings is 1. The van der Waals surface area contributed by atoms with Gasteiger partial charge in [0.2, 0.25) is 0 Å². The lowest BCUT2D eigenvalue weighted by Gasteiger charge is -2.19. The van der Waals surface area contributed by atoms with Gasteiger partial charge in [0.1, 0.15) is 22.8 Å². The van der Waals surface area contributed by atoms with Gasteiger partial charge in [0.05, 0.1) is 55.3 Å². The topological polar surface area (TPSA) is 53.7 Å². The molecule has 14 rings (SSSR count). The Balaban J connectivity index is 1.19. The Hall–Kier alpha value is -8.74. The highest BCUT2D eigenvalue weighted by Crippen LogP contribution is 2.43. The van der Waals surface area contributed by atoms with Crippen LogP contribution in [0, 0.1) is 0 Å². The molecule has 5 aromatic heterocycles. The van der Waals surface area contributed by atoms with Crippen LogP contribution in [0.15, 0.2) is 217 Å². The molecule has 0 N–H and O–H groups in total. The molecular weight excluding hydrogens is 783 g/mol. The Morgan fingerprint density at radius 2 is 0.859 bits per heavy atom. The summed E-state index contributed by atoms with van der Waals surface area (Å²) in [7, 11) is 0. The molecule has 0 spiro atoms. The first kappa shape index (κ1) is 28.0. The van der Waals surface area contributed by atoms with E-state index in [1.54, 1.807) is 6.07 Å². The van der Waals surface area contributed by atoms with Crippen LogP contribution in [0.25, 0.3) is 127 Å². The summed E-state index contributed by atoms with van der Waals surface area (Å²) >= 11 is 0. The monoisotopic (exact) mass is 825 g/mol. The number of hydrogen-bond donors (Lipinski definition) is 0. The molecule has 6 heteroatoms. The van der Waals surface area contributed by atoms with Crippen molar-refractivity contribution in [3.05, 3.63) is 212 Å². The maximum absolute atomic E-state index is 9.47. The smallest absolute Gasteiger partial charge is 0.166 e. The van der Waals surface area contributed by atoms with E-state index < -0.39 is 48.3 Å². The van der Waals surface area contributed by atoms with E-state index in [1.165, 1.54) is 4.57 Å². The molecule has 0 saturated heterocycles. The summed E-state index contributed by atoms with van der Waals surface area (Å²) in [5, 5.41) is 5.83. The first-order valence-corrected chi connectivity index (χ1v) is 21.0. The Morgan fingerprint density at radius 1 is 0.375 bits per heavy atom. The average Bonchev–Trinajstić information content (AvgIpc) is 4.17. The second-order valence-corrected chi connectivity index (χ2v) is 15.9. The predicted molar refractivity (Wildman–Crippen MR) is 263 cm³/mol. The third-order valence-electron chi connectivity index (χ3n) is 12.5. The predicted octanol–water partition coefficient (Wildman–Crippen LogP) is 15.0. The maximum Gasteiger partial charge on any atom is 0.166 e. The van der Waals surface area contributed by atoms with Crippen molar-refractivity contribution >= 4 is 87.4 Å². The molecule has 0 radical (unpaired) electrons. The van der Waals surface area contributed by atoms with Crippen LogP contribution in [-0.2, 0) is 0 Å². The van der Waals surface area contributed by atoms with Crippen LogP contribution in [0.4, 0.5) is 0 Å². The highest BCUT2D eigenvalue weighted by atomic mass is 16.3. The van der Waals surface area contributed by atoms with Crippen LogP contribution in [0.1, 0.15) is 11.0 Å². The minimum atomic E-state index is -0.527. The van der Waals surface area contributed by atoms with E-state index >= 15 is 0 Å². The van der Waals surface area contributed by atoms with E-state index in [0.29, 0.717) is 11.4 Å². The Bertz CT molecular complexity index is 4520. The number of fused-ring (bicyclic) bond motifs is 12. The fourth-order valence-corrected chi connectivity index (χ4v) is 9.86. The SMILES string of the molecule is [2H]c1c([2H])c([2H])c2c(c1[2H])c1c([2H])c([2H])c([2H])c([2H])c1n2-c1cc(-n2c3ccccc3c3ccccc32)nc(-c2c(-c3ccc4oc5ccccc5c4c3)cccc2-n2c3ccccc3c3ccccc32)n1. The first-order chi connectivity index (χ1) is 35.1. The normalized spacial score (nSPS) is 13.8. The van der Waals surface area contributed by atoms with Gasteiger partial charge in [-0.25, -0.2) is 9.97 Å². The molecule has 0 fully saturated rings. The third-order valence-corrected chi connectivity index (χ3v) is 12.5. The molecule has 0 bridgehead atoms. The largest absolute Gasteiger partial charge is 0.456 e. The van der Waals surface area contributed by atoms with Gasteiger partial charge in [-0.2, -0.15) is 0 Å². The van der Waals surface area contributed by atoms with Crippen molar-refractivity contribution in [3.8, 4) is 39.8 Å². The zero-order valence-corrected chi connectivity index (χ0v) is 33.7. The van der Waals surface area contributed by atoms with Gasteiger partial charge < -0.3 is 8.98 Å². The van der Waals surface area contributed by atoms with Gasteiger partial charge in [0, 0.05) is 49.2 Å². The van der Waals surface area contributed by atoms with E-state index in [0.717, 1.165) is 82.4 Å².